The van der Waals surface area contributed by atoms with Crippen molar-refractivity contribution >= 4 is 11.0 Å². The number of rotatable bonds is 5. The summed E-state index contributed by atoms with van der Waals surface area (Å²) in [5.41, 5.74) is 3.33. The monoisotopic (exact) mass is 233 g/mol. The number of H-pyrrole nitrogens is 1. The van der Waals surface area contributed by atoms with Gasteiger partial charge < -0.3 is 10.1 Å². The maximum Gasteiger partial charge on any atom is 0.121 e. The molecule has 92 valence electrons. The number of benzene rings is 1. The second-order valence-corrected chi connectivity index (χ2v) is 4.52. The molecule has 0 fully saturated rings. The van der Waals surface area contributed by atoms with Crippen LogP contribution < -0.4 is 0 Å². The second-order valence-electron chi connectivity index (χ2n) is 4.52. The number of hydrogen-bond acceptors (Lipinski definition) is 3. The van der Waals surface area contributed by atoms with Crippen molar-refractivity contribution in [3.63, 3.8) is 0 Å². The fourth-order valence-corrected chi connectivity index (χ4v) is 1.92. The average Bonchev–Trinajstić information content (AvgIpc) is 2.67. The molecule has 0 aliphatic heterocycles. The van der Waals surface area contributed by atoms with Gasteiger partial charge in [0.2, 0.25) is 0 Å². The maximum atomic E-state index is 8.78. The van der Waals surface area contributed by atoms with E-state index in [1.54, 1.807) is 0 Å². The molecule has 2 rings (SSSR count). The summed E-state index contributed by atoms with van der Waals surface area (Å²) in [5.74, 6) is 0.978. The fourth-order valence-electron chi connectivity index (χ4n) is 1.92. The lowest BCUT2D eigenvalue weighted by molar-refractivity contribution is 0.242. The molecular weight excluding hydrogens is 214 g/mol. The van der Waals surface area contributed by atoms with Gasteiger partial charge in [0.05, 0.1) is 17.6 Å². The smallest absolute Gasteiger partial charge is 0.121 e. The van der Waals surface area contributed by atoms with E-state index in [1.165, 1.54) is 5.56 Å². The molecule has 4 nitrogen and oxygen atoms in total. The number of nitrogens with zero attached hydrogens (tertiary/aromatic N) is 2. The lowest BCUT2D eigenvalue weighted by Crippen LogP contribution is -2.20. The third kappa shape index (κ3) is 3.05. The van der Waals surface area contributed by atoms with Crippen LogP contribution in [0.5, 0.6) is 0 Å². The fraction of sp³-hybridized carbons (Fsp3) is 0.462. The Morgan fingerprint density at radius 3 is 3.00 bits per heavy atom. The number of hydrogen-bond donors (Lipinski definition) is 2. The Labute approximate surface area is 101 Å². The van der Waals surface area contributed by atoms with E-state index in [4.69, 9.17) is 5.11 Å². The van der Waals surface area contributed by atoms with Crippen LogP contribution in [-0.4, -0.2) is 40.2 Å². The highest BCUT2D eigenvalue weighted by molar-refractivity contribution is 5.75. The summed E-state index contributed by atoms with van der Waals surface area (Å²) in [7, 11) is 2.04. The summed E-state index contributed by atoms with van der Waals surface area (Å²) in [6.07, 6.45) is 0.801. The van der Waals surface area contributed by atoms with Crippen molar-refractivity contribution in [1.29, 1.82) is 0 Å². The van der Waals surface area contributed by atoms with Gasteiger partial charge in [-0.15, -0.1) is 0 Å². The van der Waals surface area contributed by atoms with Crippen LogP contribution in [0.25, 0.3) is 11.0 Å². The minimum atomic E-state index is 0.240. The minimum Gasteiger partial charge on any atom is -0.396 e. The molecule has 0 unspecified atom stereocenters. The summed E-state index contributed by atoms with van der Waals surface area (Å²) < 4.78 is 0. The zero-order valence-corrected chi connectivity index (χ0v) is 10.4. The summed E-state index contributed by atoms with van der Waals surface area (Å²) in [6.45, 7) is 3.98. The van der Waals surface area contributed by atoms with Gasteiger partial charge in [-0.1, -0.05) is 6.07 Å². The number of aliphatic hydroxyl groups is 1. The van der Waals surface area contributed by atoms with Gasteiger partial charge in [-0.2, -0.15) is 0 Å². The Hall–Kier alpha value is -1.39. The minimum absolute atomic E-state index is 0.240. The van der Waals surface area contributed by atoms with Gasteiger partial charge in [0.1, 0.15) is 5.82 Å². The van der Waals surface area contributed by atoms with Crippen LogP contribution >= 0.6 is 0 Å². The molecule has 0 bridgehead atoms. The summed E-state index contributed by atoms with van der Waals surface area (Å²) >= 11 is 0. The average molecular weight is 233 g/mol. The Morgan fingerprint density at radius 2 is 2.24 bits per heavy atom. The van der Waals surface area contributed by atoms with Crippen LogP contribution in [-0.2, 0) is 6.54 Å². The molecule has 2 N–H and O–H groups in total. The van der Waals surface area contributed by atoms with Gasteiger partial charge in [-0.25, -0.2) is 4.98 Å². The number of imidazole rings is 1. The van der Waals surface area contributed by atoms with Crippen molar-refractivity contribution in [2.45, 2.75) is 19.9 Å². The quantitative estimate of drug-likeness (QED) is 0.826. The van der Waals surface area contributed by atoms with Crippen LogP contribution in [0.3, 0.4) is 0 Å². The highest BCUT2D eigenvalue weighted by Crippen LogP contribution is 2.13. The van der Waals surface area contributed by atoms with Gasteiger partial charge >= 0.3 is 0 Å². The van der Waals surface area contributed by atoms with Gasteiger partial charge in [0, 0.05) is 13.2 Å². The van der Waals surface area contributed by atoms with Crippen molar-refractivity contribution in [2.24, 2.45) is 0 Å². The summed E-state index contributed by atoms with van der Waals surface area (Å²) in [5, 5.41) is 8.78. The number of aryl methyl sites for hydroxylation is 1. The Balaban J connectivity index is 2.08. The van der Waals surface area contributed by atoms with E-state index in [9.17, 15) is 0 Å². The maximum absolute atomic E-state index is 8.78. The first-order valence-electron chi connectivity index (χ1n) is 5.93. The molecule has 0 spiro atoms. The van der Waals surface area contributed by atoms with E-state index < -0.39 is 0 Å². The normalized spacial score (nSPS) is 11.5. The molecule has 17 heavy (non-hydrogen) atoms. The molecule has 0 atom stereocenters. The summed E-state index contributed by atoms with van der Waals surface area (Å²) in [4.78, 5) is 10.0. The van der Waals surface area contributed by atoms with Crippen LogP contribution in [0.1, 0.15) is 17.8 Å². The Morgan fingerprint density at radius 1 is 1.41 bits per heavy atom. The van der Waals surface area contributed by atoms with Crippen molar-refractivity contribution in [2.75, 3.05) is 20.2 Å². The number of aromatic amines is 1. The van der Waals surface area contributed by atoms with E-state index in [0.717, 1.165) is 36.4 Å². The van der Waals surface area contributed by atoms with Crippen molar-refractivity contribution in [1.82, 2.24) is 14.9 Å². The Kier molecular flexibility index (Phi) is 3.76. The lowest BCUT2D eigenvalue weighted by Gasteiger charge is -2.13. The SMILES string of the molecule is Cc1ccc2[nH]c(CN(C)CCCO)nc2c1. The van der Waals surface area contributed by atoms with E-state index in [2.05, 4.69) is 40.0 Å². The zero-order valence-electron chi connectivity index (χ0n) is 10.4. The largest absolute Gasteiger partial charge is 0.396 e. The molecule has 1 aromatic heterocycles. The first-order chi connectivity index (χ1) is 8.19. The molecular formula is C13H19N3O. The van der Waals surface area contributed by atoms with Crippen molar-refractivity contribution in [3.05, 3.63) is 29.6 Å². The standard InChI is InChI=1S/C13H19N3O/c1-10-4-5-11-12(8-10)15-13(14-11)9-16(2)6-3-7-17/h4-5,8,17H,3,6-7,9H2,1-2H3,(H,14,15). The van der Waals surface area contributed by atoms with Gasteiger partial charge in [0.15, 0.2) is 0 Å². The third-order valence-corrected chi connectivity index (χ3v) is 2.81. The van der Waals surface area contributed by atoms with Gasteiger partial charge in [0.25, 0.3) is 0 Å². The molecule has 0 saturated carbocycles. The van der Waals surface area contributed by atoms with E-state index in [-0.39, 0.29) is 6.61 Å². The molecule has 1 aromatic carbocycles. The molecule has 0 saturated heterocycles. The first kappa shape index (κ1) is 12.1. The van der Waals surface area contributed by atoms with E-state index in [1.807, 2.05) is 7.05 Å². The molecule has 0 aliphatic carbocycles. The van der Waals surface area contributed by atoms with Crippen molar-refractivity contribution in [3.8, 4) is 0 Å². The van der Waals surface area contributed by atoms with Crippen molar-refractivity contribution < 1.29 is 5.11 Å². The molecule has 1 heterocycles. The topological polar surface area (TPSA) is 52.2 Å². The van der Waals surface area contributed by atoms with Crippen LogP contribution in [0.4, 0.5) is 0 Å². The number of aromatic nitrogens is 2. The highest BCUT2D eigenvalue weighted by atomic mass is 16.3. The second kappa shape index (κ2) is 5.29. The molecule has 0 aliphatic rings. The van der Waals surface area contributed by atoms with Gasteiger partial charge in [-0.3, -0.25) is 4.90 Å². The van der Waals surface area contributed by atoms with Gasteiger partial charge in [-0.05, 0) is 38.1 Å². The molecule has 2 aromatic rings. The third-order valence-electron chi connectivity index (χ3n) is 2.81. The number of aliphatic hydroxyl groups excluding tert-OH is 1. The summed E-state index contributed by atoms with van der Waals surface area (Å²) in [6, 6.07) is 6.23. The number of nitrogens with one attached hydrogen (secondary N) is 1. The predicted molar refractivity (Wildman–Crippen MR) is 68.9 cm³/mol. The lowest BCUT2D eigenvalue weighted by atomic mass is 10.2. The zero-order chi connectivity index (χ0) is 12.3. The highest BCUT2D eigenvalue weighted by Gasteiger charge is 2.05. The van der Waals surface area contributed by atoms with Crippen LogP contribution in [0.2, 0.25) is 0 Å². The number of fused-ring (bicyclic) bond motifs is 1. The van der Waals surface area contributed by atoms with E-state index >= 15 is 0 Å². The molecule has 4 heteroatoms. The van der Waals surface area contributed by atoms with Crippen LogP contribution in [0.15, 0.2) is 18.2 Å². The molecule has 0 radical (unpaired) electrons. The Bertz CT molecular complexity index is 492. The van der Waals surface area contributed by atoms with E-state index in [0.29, 0.717) is 0 Å². The molecule has 0 amide bonds. The van der Waals surface area contributed by atoms with Crippen LogP contribution in [0, 0.1) is 6.92 Å². The first-order valence-corrected chi connectivity index (χ1v) is 5.93. The predicted octanol–water partition coefficient (Wildman–Crippen LogP) is 1.69.